The van der Waals surface area contributed by atoms with E-state index in [2.05, 4.69) is 13.0 Å². The van der Waals surface area contributed by atoms with Gasteiger partial charge < -0.3 is 5.11 Å². The smallest absolute Gasteiger partial charge is 0.383 e. The van der Waals surface area contributed by atoms with Crippen molar-refractivity contribution in [3.8, 4) is 0 Å². The Morgan fingerprint density at radius 3 is 2.29 bits per heavy atom. The van der Waals surface area contributed by atoms with Gasteiger partial charge in [-0.2, -0.15) is 30.4 Å². The van der Waals surface area contributed by atoms with E-state index in [0.717, 1.165) is 36.3 Å². The van der Waals surface area contributed by atoms with Crippen molar-refractivity contribution in [2.45, 2.75) is 112 Å². The minimum atomic E-state index is -5.85. The molecule has 1 saturated heterocycles. The molecule has 5 aliphatic rings. The number of aryl methyl sites for hydroxylation is 2. The third kappa shape index (κ3) is 5.24. The van der Waals surface area contributed by atoms with Crippen LogP contribution >= 0.6 is 23.5 Å². The summed E-state index contributed by atoms with van der Waals surface area (Å²) in [7, 11) is -4.42. The molecule has 252 valence electrons. The Kier molecular flexibility index (Phi) is 8.40. The highest BCUT2D eigenvalue weighted by molar-refractivity contribution is 8.21. The van der Waals surface area contributed by atoms with Gasteiger partial charge in [-0.1, -0.05) is 43.2 Å². The fraction of sp³-hybridized carbons (Fsp3) is 0.758. The van der Waals surface area contributed by atoms with Crippen LogP contribution in [0.4, 0.5) is 22.0 Å². The summed E-state index contributed by atoms with van der Waals surface area (Å²) in [6.07, 6.45) is 0.996. The first kappa shape index (κ1) is 34.1. The zero-order valence-electron chi connectivity index (χ0n) is 25.9. The quantitative estimate of drug-likeness (QED) is 0.176. The highest BCUT2D eigenvalue weighted by Crippen LogP contribution is 2.73. The zero-order valence-corrected chi connectivity index (χ0v) is 28.4. The average Bonchev–Trinajstić information content (AvgIpc) is 3.51. The van der Waals surface area contributed by atoms with Crippen molar-refractivity contribution in [1.29, 1.82) is 0 Å². The lowest BCUT2D eigenvalue weighted by Gasteiger charge is -2.62. The van der Waals surface area contributed by atoms with E-state index in [-0.39, 0.29) is 45.0 Å². The number of fused-ring (bicyclic) bond motifs is 5. The van der Waals surface area contributed by atoms with Crippen LogP contribution in [0.5, 0.6) is 0 Å². The van der Waals surface area contributed by atoms with Crippen molar-refractivity contribution < 1.29 is 40.0 Å². The van der Waals surface area contributed by atoms with Gasteiger partial charge in [-0.3, -0.25) is 4.55 Å². The van der Waals surface area contributed by atoms with Gasteiger partial charge in [-0.05, 0) is 112 Å². The van der Waals surface area contributed by atoms with Crippen LogP contribution in [-0.2, 0) is 16.5 Å². The van der Waals surface area contributed by atoms with Crippen molar-refractivity contribution in [2.75, 3.05) is 11.5 Å². The molecule has 4 aliphatic carbocycles. The van der Waals surface area contributed by atoms with Crippen molar-refractivity contribution >= 4 is 33.6 Å². The van der Waals surface area contributed by atoms with Crippen molar-refractivity contribution in [1.82, 2.24) is 0 Å². The maximum absolute atomic E-state index is 15.2. The van der Waals surface area contributed by atoms with Gasteiger partial charge in [0.2, 0.25) is 0 Å². The van der Waals surface area contributed by atoms with Gasteiger partial charge in [0, 0.05) is 16.9 Å². The number of halogens is 5. The van der Waals surface area contributed by atoms with Crippen LogP contribution in [0.25, 0.3) is 0 Å². The Balaban J connectivity index is 1.36. The second-order valence-electron chi connectivity index (χ2n) is 14.8. The molecular weight excluding hydrogens is 652 g/mol. The normalized spacial score (nSPS) is 38.0. The van der Waals surface area contributed by atoms with Gasteiger partial charge in [0.15, 0.2) is 0 Å². The van der Waals surface area contributed by atoms with Crippen LogP contribution in [0.15, 0.2) is 34.7 Å². The lowest BCUT2D eigenvalue weighted by atomic mass is 9.43. The average molecular weight is 695 g/mol. The highest BCUT2D eigenvalue weighted by Gasteiger charge is 2.79. The van der Waals surface area contributed by atoms with E-state index in [9.17, 15) is 31.2 Å². The Hall–Kier alpha value is -0.820. The molecule has 4 nitrogen and oxygen atoms in total. The van der Waals surface area contributed by atoms with E-state index in [1.807, 2.05) is 30.4 Å². The van der Waals surface area contributed by atoms with E-state index >= 15 is 8.78 Å². The maximum Gasteiger partial charge on any atom is 0.456 e. The van der Waals surface area contributed by atoms with Crippen LogP contribution in [0, 0.1) is 41.4 Å². The molecule has 45 heavy (non-hydrogen) atoms. The van der Waals surface area contributed by atoms with Gasteiger partial charge >= 0.3 is 12.1 Å². The summed E-state index contributed by atoms with van der Waals surface area (Å²) in [5.74, 6) is -3.59. The summed E-state index contributed by atoms with van der Waals surface area (Å²) < 4.78 is 106. The van der Waals surface area contributed by atoms with Crippen molar-refractivity contribution in [2.24, 2.45) is 34.5 Å². The molecule has 1 aromatic carbocycles. The first-order valence-electron chi connectivity index (χ1n) is 16.0. The fourth-order valence-corrected chi connectivity index (χ4v) is 14.2. The minimum absolute atomic E-state index is 0.00800. The molecule has 1 aromatic rings. The summed E-state index contributed by atoms with van der Waals surface area (Å²) in [5.41, 5.74) is -2.21. The SMILES string of the molecule is Cc1ccc(S(=O)(=O)O)c(CCC[C@@H]2CC3=CC4(CC[C@]3(C)C3CC[C@@]5(C)C(CC[C@@]5(O)C(F)(F)C(F)(F)F)C32)SCCS4)c1. The van der Waals surface area contributed by atoms with Crippen LogP contribution in [0.1, 0.15) is 82.8 Å². The lowest BCUT2D eigenvalue weighted by molar-refractivity contribution is -0.364. The zero-order chi connectivity index (χ0) is 32.8. The Labute approximate surface area is 271 Å². The van der Waals surface area contributed by atoms with Crippen LogP contribution in [-0.4, -0.2) is 51.4 Å². The molecule has 4 fully saturated rings. The third-order valence-electron chi connectivity index (χ3n) is 12.6. The highest BCUT2D eigenvalue weighted by atomic mass is 32.2. The van der Waals surface area contributed by atoms with E-state index < -0.39 is 45.6 Å². The Morgan fingerprint density at radius 2 is 1.64 bits per heavy atom. The van der Waals surface area contributed by atoms with E-state index in [1.165, 1.54) is 18.6 Å². The molecular formula is C33H43F5O4S3. The predicted molar refractivity (Wildman–Crippen MR) is 168 cm³/mol. The standard InChI is InChI=1S/C33H43F5O4S3/c1-20-7-8-26(45(40,41)42)21(17-20)5-4-6-22-18-23-19-30(43-15-16-44-30)14-13-28(23,2)24-9-11-29(3)25(27(22)24)10-12-31(29,39)32(34,35)33(36,37)38/h7-8,17,19,22,24-25,27,39H,4-6,9-16,18H2,1-3H3,(H,40,41,42)/t22-,24?,25?,27?,28+,29+,31+/m1/s1. The lowest BCUT2D eigenvalue weighted by Crippen LogP contribution is -2.66. The van der Waals surface area contributed by atoms with Gasteiger partial charge in [-0.15, -0.1) is 23.5 Å². The Bertz CT molecular complexity index is 1470. The van der Waals surface area contributed by atoms with Gasteiger partial charge in [0.25, 0.3) is 10.1 Å². The van der Waals surface area contributed by atoms with Gasteiger partial charge in [0.05, 0.1) is 8.97 Å². The summed E-state index contributed by atoms with van der Waals surface area (Å²) in [6, 6.07) is 4.78. The summed E-state index contributed by atoms with van der Waals surface area (Å²) in [5, 5.41) is 11.4. The summed E-state index contributed by atoms with van der Waals surface area (Å²) >= 11 is 3.95. The number of alkyl halides is 5. The van der Waals surface area contributed by atoms with E-state index in [1.54, 1.807) is 12.1 Å². The molecule has 12 heteroatoms. The largest absolute Gasteiger partial charge is 0.456 e. The topological polar surface area (TPSA) is 74.6 Å². The van der Waals surface area contributed by atoms with Crippen LogP contribution < -0.4 is 0 Å². The predicted octanol–water partition coefficient (Wildman–Crippen LogP) is 8.86. The monoisotopic (exact) mass is 694 g/mol. The summed E-state index contributed by atoms with van der Waals surface area (Å²) in [6.45, 7) is 5.58. The number of hydrogen-bond donors (Lipinski definition) is 2. The number of thioether (sulfide) groups is 2. The third-order valence-corrected chi connectivity index (χ3v) is 17.0. The number of benzene rings is 1. The molecule has 0 aromatic heterocycles. The summed E-state index contributed by atoms with van der Waals surface area (Å²) in [4.78, 5) is -0.130. The molecule has 0 radical (unpaired) electrons. The molecule has 7 atom stereocenters. The van der Waals surface area contributed by atoms with Crippen molar-refractivity contribution in [3.05, 3.63) is 41.0 Å². The van der Waals surface area contributed by atoms with Crippen LogP contribution in [0.2, 0.25) is 0 Å². The van der Waals surface area contributed by atoms with E-state index in [4.69, 9.17) is 0 Å². The first-order valence-corrected chi connectivity index (χ1v) is 19.4. The maximum atomic E-state index is 15.2. The molecule has 2 N–H and O–H groups in total. The number of rotatable bonds is 6. The fourth-order valence-electron chi connectivity index (χ4n) is 10.3. The second kappa shape index (κ2) is 11.1. The molecule has 1 heterocycles. The molecule has 1 spiro atoms. The number of hydrogen-bond acceptors (Lipinski definition) is 5. The first-order chi connectivity index (χ1) is 20.8. The number of aliphatic hydroxyl groups is 1. The molecule has 1 aliphatic heterocycles. The second-order valence-corrected chi connectivity index (χ2v) is 19.3. The molecule has 0 amide bonds. The van der Waals surface area contributed by atoms with E-state index in [0.29, 0.717) is 31.2 Å². The number of allylic oxidation sites excluding steroid dienone is 1. The Morgan fingerprint density at radius 1 is 0.978 bits per heavy atom. The van der Waals surface area contributed by atoms with Gasteiger partial charge in [0.1, 0.15) is 5.60 Å². The molecule has 6 rings (SSSR count). The molecule has 0 bridgehead atoms. The minimum Gasteiger partial charge on any atom is -0.383 e. The molecule has 3 unspecified atom stereocenters. The molecule has 3 saturated carbocycles. The van der Waals surface area contributed by atoms with Gasteiger partial charge in [-0.25, -0.2) is 0 Å². The van der Waals surface area contributed by atoms with Crippen LogP contribution in [0.3, 0.4) is 0 Å². The van der Waals surface area contributed by atoms with Crippen molar-refractivity contribution in [3.63, 3.8) is 0 Å².